The maximum Gasteiger partial charge on any atom is 0.222 e. The second kappa shape index (κ2) is 11.1. The van der Waals surface area contributed by atoms with Gasteiger partial charge in [0.1, 0.15) is 0 Å². The molecule has 2 aliphatic rings. The summed E-state index contributed by atoms with van der Waals surface area (Å²) in [7, 11) is 2.10. The fourth-order valence-corrected chi connectivity index (χ4v) is 4.93. The van der Waals surface area contributed by atoms with Gasteiger partial charge in [-0.15, -0.1) is 0 Å². The van der Waals surface area contributed by atoms with Crippen LogP contribution in [0.25, 0.3) is 0 Å². The Morgan fingerprint density at radius 1 is 1.24 bits per heavy atom. The van der Waals surface area contributed by atoms with Crippen LogP contribution in [0.15, 0.2) is 6.20 Å². The van der Waals surface area contributed by atoms with E-state index in [1.807, 2.05) is 13.1 Å². The summed E-state index contributed by atoms with van der Waals surface area (Å²) in [5, 5.41) is 7.59. The molecule has 1 saturated carbocycles. The summed E-state index contributed by atoms with van der Waals surface area (Å²) >= 11 is 0. The molecule has 1 aromatic rings. The van der Waals surface area contributed by atoms with Gasteiger partial charge in [-0.05, 0) is 51.5 Å². The number of hydrogen-bond acceptors (Lipinski definition) is 5. The fourth-order valence-electron chi connectivity index (χ4n) is 4.93. The van der Waals surface area contributed by atoms with E-state index in [-0.39, 0.29) is 0 Å². The largest absolute Gasteiger partial charge is 0.381 e. The molecule has 1 aliphatic carbocycles. The van der Waals surface area contributed by atoms with Gasteiger partial charge in [-0.25, -0.2) is 0 Å². The predicted molar refractivity (Wildman–Crippen MR) is 115 cm³/mol. The number of aromatic nitrogens is 2. The summed E-state index contributed by atoms with van der Waals surface area (Å²) in [6.07, 6.45) is 9.11. The average molecular weight is 406 g/mol. The minimum atomic E-state index is 0.311. The summed E-state index contributed by atoms with van der Waals surface area (Å²) < 4.78 is 5.50. The maximum atomic E-state index is 12.7. The lowest BCUT2D eigenvalue weighted by Gasteiger charge is -2.39. The van der Waals surface area contributed by atoms with E-state index in [1.165, 1.54) is 11.3 Å². The number of likely N-dealkylation sites (N-methyl/N-ethyl adjacent to an activating group) is 1. The fraction of sp³-hybridized carbons (Fsp3) is 0.818. The van der Waals surface area contributed by atoms with E-state index in [9.17, 15) is 4.79 Å². The number of carbonyl (C=O) groups excluding carboxylic acids is 1. The molecule has 1 amide bonds. The standard InChI is InChI=1S/C22H39N5O2/c1-3-21(28)27(15-17-8-12-29-13-9-17)20-6-4-18(5-7-20)22-19(14-24-25-22)16-26(2)11-10-23/h14,17-18,20H,3-13,15-16,23H2,1-2H3,(H,24,25). The summed E-state index contributed by atoms with van der Waals surface area (Å²) in [5.41, 5.74) is 8.25. The van der Waals surface area contributed by atoms with Crippen molar-refractivity contribution in [3.05, 3.63) is 17.5 Å². The van der Waals surface area contributed by atoms with E-state index in [4.69, 9.17) is 10.5 Å². The molecular formula is C22H39N5O2. The van der Waals surface area contributed by atoms with E-state index in [0.29, 0.717) is 36.8 Å². The number of ether oxygens (including phenoxy) is 1. The summed E-state index contributed by atoms with van der Waals surface area (Å²) in [4.78, 5) is 17.1. The van der Waals surface area contributed by atoms with Gasteiger partial charge < -0.3 is 20.3 Å². The highest BCUT2D eigenvalue weighted by Crippen LogP contribution is 2.36. The first-order valence-corrected chi connectivity index (χ1v) is 11.4. The van der Waals surface area contributed by atoms with Crippen LogP contribution >= 0.6 is 0 Å². The van der Waals surface area contributed by atoms with E-state index in [0.717, 1.165) is 71.4 Å². The van der Waals surface area contributed by atoms with Crippen LogP contribution in [0.2, 0.25) is 0 Å². The Labute approximate surface area is 175 Å². The number of amides is 1. The van der Waals surface area contributed by atoms with Crippen LogP contribution < -0.4 is 5.73 Å². The Hall–Kier alpha value is -1.44. The van der Waals surface area contributed by atoms with Gasteiger partial charge in [0.2, 0.25) is 5.91 Å². The topological polar surface area (TPSA) is 87.5 Å². The highest BCUT2D eigenvalue weighted by molar-refractivity contribution is 5.76. The first-order valence-electron chi connectivity index (χ1n) is 11.4. The van der Waals surface area contributed by atoms with E-state index in [1.54, 1.807) is 0 Å². The number of rotatable bonds is 9. The van der Waals surface area contributed by atoms with Gasteiger partial charge in [0.25, 0.3) is 0 Å². The third-order valence-electron chi connectivity index (χ3n) is 6.67. The van der Waals surface area contributed by atoms with Crippen molar-refractivity contribution in [2.24, 2.45) is 11.7 Å². The molecule has 1 saturated heterocycles. The molecule has 0 bridgehead atoms. The Morgan fingerprint density at radius 2 is 1.97 bits per heavy atom. The Morgan fingerprint density at radius 3 is 2.62 bits per heavy atom. The zero-order chi connectivity index (χ0) is 20.6. The van der Waals surface area contributed by atoms with Crippen molar-refractivity contribution in [1.82, 2.24) is 20.0 Å². The highest BCUT2D eigenvalue weighted by Gasteiger charge is 2.32. The Balaban J connectivity index is 1.58. The Bertz CT molecular complexity index is 620. The number of nitrogens with two attached hydrogens (primary N) is 1. The van der Waals surface area contributed by atoms with Gasteiger partial charge in [0.05, 0.1) is 6.20 Å². The van der Waals surface area contributed by atoms with Gasteiger partial charge in [0.15, 0.2) is 0 Å². The lowest BCUT2D eigenvalue weighted by molar-refractivity contribution is -0.135. The average Bonchev–Trinajstić information content (AvgIpc) is 3.20. The molecule has 7 nitrogen and oxygen atoms in total. The number of carbonyl (C=O) groups is 1. The van der Waals surface area contributed by atoms with Gasteiger partial charge in [-0.1, -0.05) is 6.92 Å². The van der Waals surface area contributed by atoms with Crippen molar-refractivity contribution in [3.63, 3.8) is 0 Å². The van der Waals surface area contributed by atoms with Gasteiger partial charge in [-0.3, -0.25) is 9.89 Å². The number of H-pyrrole nitrogens is 1. The van der Waals surface area contributed by atoms with Crippen molar-refractivity contribution in [2.45, 2.75) is 70.4 Å². The van der Waals surface area contributed by atoms with Crippen molar-refractivity contribution < 1.29 is 9.53 Å². The Kier molecular flexibility index (Phi) is 8.51. The molecule has 3 N–H and O–H groups in total. The molecule has 0 unspecified atom stereocenters. The molecule has 2 heterocycles. The molecule has 0 atom stereocenters. The van der Waals surface area contributed by atoms with Crippen molar-refractivity contribution in [2.75, 3.05) is 39.9 Å². The number of nitrogens with one attached hydrogen (secondary N) is 1. The predicted octanol–water partition coefficient (Wildman–Crippen LogP) is 2.49. The second-order valence-electron chi connectivity index (χ2n) is 8.80. The molecule has 2 fully saturated rings. The van der Waals surface area contributed by atoms with Gasteiger partial charge in [-0.2, -0.15) is 5.10 Å². The molecule has 0 aromatic carbocycles. The molecule has 3 rings (SSSR count). The lowest BCUT2D eigenvalue weighted by Crippen LogP contribution is -2.45. The van der Waals surface area contributed by atoms with Crippen LogP contribution in [0.5, 0.6) is 0 Å². The third-order valence-corrected chi connectivity index (χ3v) is 6.67. The highest BCUT2D eigenvalue weighted by atomic mass is 16.5. The SMILES string of the molecule is CCC(=O)N(CC1CCOCC1)C1CCC(c2[nH]ncc2CN(C)CCN)CC1. The van der Waals surface area contributed by atoms with E-state index in [2.05, 4.69) is 27.0 Å². The zero-order valence-electron chi connectivity index (χ0n) is 18.2. The van der Waals surface area contributed by atoms with E-state index < -0.39 is 0 Å². The minimum Gasteiger partial charge on any atom is -0.381 e. The van der Waals surface area contributed by atoms with Gasteiger partial charge in [0, 0.05) is 69.0 Å². The number of aromatic amines is 1. The molecule has 7 heteroatoms. The van der Waals surface area contributed by atoms with Crippen molar-refractivity contribution in [1.29, 1.82) is 0 Å². The summed E-state index contributed by atoms with van der Waals surface area (Å²) in [6, 6.07) is 0.382. The second-order valence-corrected chi connectivity index (χ2v) is 8.80. The van der Waals surface area contributed by atoms with Crippen LogP contribution in [-0.4, -0.2) is 71.8 Å². The van der Waals surface area contributed by atoms with Crippen molar-refractivity contribution >= 4 is 5.91 Å². The molecule has 164 valence electrons. The van der Waals surface area contributed by atoms with Crippen LogP contribution in [0.3, 0.4) is 0 Å². The smallest absolute Gasteiger partial charge is 0.222 e. The van der Waals surface area contributed by atoms with Crippen LogP contribution in [-0.2, 0) is 16.1 Å². The molecule has 29 heavy (non-hydrogen) atoms. The first kappa shape index (κ1) is 22.2. The quantitative estimate of drug-likeness (QED) is 0.659. The molecular weight excluding hydrogens is 366 g/mol. The van der Waals surface area contributed by atoms with Crippen LogP contribution in [0, 0.1) is 5.92 Å². The number of hydrogen-bond donors (Lipinski definition) is 2. The van der Waals surface area contributed by atoms with Crippen molar-refractivity contribution in [3.8, 4) is 0 Å². The van der Waals surface area contributed by atoms with Gasteiger partial charge >= 0.3 is 0 Å². The minimum absolute atomic E-state index is 0.311. The molecule has 1 aromatic heterocycles. The molecule has 1 aliphatic heterocycles. The molecule has 0 spiro atoms. The van der Waals surface area contributed by atoms with Crippen LogP contribution in [0.1, 0.15) is 69.0 Å². The zero-order valence-corrected chi connectivity index (χ0v) is 18.2. The summed E-state index contributed by atoms with van der Waals surface area (Å²) in [6.45, 7) is 7.01. The van der Waals surface area contributed by atoms with Crippen LogP contribution in [0.4, 0.5) is 0 Å². The summed E-state index contributed by atoms with van der Waals surface area (Å²) in [5.74, 6) is 1.41. The monoisotopic (exact) mass is 405 g/mol. The normalized spacial score (nSPS) is 23.4. The number of nitrogens with zero attached hydrogens (tertiary/aromatic N) is 3. The third kappa shape index (κ3) is 6.03. The van der Waals surface area contributed by atoms with E-state index >= 15 is 0 Å². The lowest BCUT2D eigenvalue weighted by atomic mass is 9.82. The maximum absolute atomic E-state index is 12.7. The molecule has 0 radical (unpaired) electrons. The first-order chi connectivity index (χ1) is 14.1.